The summed E-state index contributed by atoms with van der Waals surface area (Å²) in [5.74, 6) is -0.372. The number of aromatic nitrogens is 2. The summed E-state index contributed by atoms with van der Waals surface area (Å²) in [6.45, 7) is 4.13. The first-order valence-electron chi connectivity index (χ1n) is 8.33. The molecule has 0 aliphatic carbocycles. The van der Waals surface area contributed by atoms with Crippen LogP contribution in [0.3, 0.4) is 0 Å². The summed E-state index contributed by atoms with van der Waals surface area (Å²) in [7, 11) is 3.29. The van der Waals surface area contributed by atoms with Gasteiger partial charge in [-0.1, -0.05) is 13.8 Å². The van der Waals surface area contributed by atoms with Crippen LogP contribution in [0.4, 0.5) is 5.13 Å². The Kier molecular flexibility index (Phi) is 5.08. The first-order chi connectivity index (χ1) is 12.4. The van der Waals surface area contributed by atoms with Crippen LogP contribution in [0.2, 0.25) is 0 Å². The fourth-order valence-electron chi connectivity index (χ4n) is 2.76. The number of nitrogens with one attached hydrogen (secondary N) is 1. The predicted molar refractivity (Wildman–Crippen MR) is 103 cm³/mol. The van der Waals surface area contributed by atoms with Crippen LogP contribution in [0.15, 0.2) is 30.5 Å². The summed E-state index contributed by atoms with van der Waals surface area (Å²) in [5, 5.41) is 4.19. The van der Waals surface area contributed by atoms with E-state index in [1.165, 1.54) is 18.4 Å². The van der Waals surface area contributed by atoms with E-state index >= 15 is 0 Å². The predicted octanol–water partition coefficient (Wildman–Crippen LogP) is 3.87. The Morgan fingerprint density at radius 2 is 2.08 bits per heavy atom. The fraction of sp³-hybridized carbons (Fsp3) is 0.316. The number of rotatable bonds is 5. The van der Waals surface area contributed by atoms with Crippen molar-refractivity contribution in [3.63, 3.8) is 0 Å². The maximum absolute atomic E-state index is 12.6. The largest absolute Gasteiger partial charge is 0.464 e. The van der Waals surface area contributed by atoms with Crippen molar-refractivity contribution in [1.82, 2.24) is 9.55 Å². The summed E-state index contributed by atoms with van der Waals surface area (Å²) in [5.41, 5.74) is 1.88. The van der Waals surface area contributed by atoms with Crippen molar-refractivity contribution in [1.29, 1.82) is 0 Å². The second-order valence-electron chi connectivity index (χ2n) is 6.53. The summed E-state index contributed by atoms with van der Waals surface area (Å²) in [6.07, 6.45) is 2.65. The SMILES string of the molecule is COC(=O)c1nc(NC(=O)c2ccc3c(ccn3C)c2)sc1CC(C)C. The van der Waals surface area contributed by atoms with E-state index in [1.807, 2.05) is 36.0 Å². The Bertz CT molecular complexity index is 972. The van der Waals surface area contributed by atoms with E-state index in [9.17, 15) is 9.59 Å². The molecule has 0 saturated carbocycles. The number of anilines is 1. The highest BCUT2D eigenvalue weighted by Gasteiger charge is 2.21. The summed E-state index contributed by atoms with van der Waals surface area (Å²) in [6, 6.07) is 7.50. The number of aryl methyl sites for hydroxylation is 1. The van der Waals surface area contributed by atoms with Crippen LogP contribution in [0.1, 0.15) is 39.6 Å². The van der Waals surface area contributed by atoms with Crippen molar-refractivity contribution in [2.75, 3.05) is 12.4 Å². The molecule has 0 aliphatic rings. The Morgan fingerprint density at radius 1 is 1.31 bits per heavy atom. The minimum atomic E-state index is -0.483. The molecule has 0 unspecified atom stereocenters. The minimum absolute atomic E-state index is 0.253. The van der Waals surface area contributed by atoms with Crippen molar-refractivity contribution in [3.05, 3.63) is 46.6 Å². The van der Waals surface area contributed by atoms with Gasteiger partial charge in [0, 0.05) is 34.6 Å². The molecule has 26 heavy (non-hydrogen) atoms. The number of methoxy groups -OCH3 is 1. The molecule has 3 rings (SSSR count). The van der Waals surface area contributed by atoms with Gasteiger partial charge in [0.1, 0.15) is 0 Å². The van der Waals surface area contributed by atoms with Gasteiger partial charge in [-0.25, -0.2) is 9.78 Å². The van der Waals surface area contributed by atoms with Crippen molar-refractivity contribution < 1.29 is 14.3 Å². The Balaban J connectivity index is 1.85. The second kappa shape index (κ2) is 7.29. The lowest BCUT2D eigenvalue weighted by Crippen LogP contribution is -2.12. The fourth-order valence-corrected chi connectivity index (χ4v) is 3.92. The van der Waals surface area contributed by atoms with E-state index in [0.717, 1.165) is 15.8 Å². The van der Waals surface area contributed by atoms with Gasteiger partial charge in [-0.2, -0.15) is 0 Å². The van der Waals surface area contributed by atoms with Gasteiger partial charge >= 0.3 is 5.97 Å². The van der Waals surface area contributed by atoms with Crippen LogP contribution in [0.25, 0.3) is 10.9 Å². The highest BCUT2D eigenvalue weighted by molar-refractivity contribution is 7.16. The molecular weight excluding hydrogens is 350 g/mol. The summed E-state index contributed by atoms with van der Waals surface area (Å²) >= 11 is 1.31. The number of carbonyl (C=O) groups is 2. The first kappa shape index (κ1) is 18.1. The number of benzene rings is 1. The van der Waals surface area contributed by atoms with Gasteiger partial charge in [0.2, 0.25) is 0 Å². The third-order valence-electron chi connectivity index (χ3n) is 4.04. The molecule has 2 heterocycles. The molecule has 0 atom stereocenters. The number of carbonyl (C=O) groups excluding carboxylic acids is 2. The molecule has 7 heteroatoms. The van der Waals surface area contributed by atoms with E-state index in [1.54, 1.807) is 6.07 Å². The van der Waals surface area contributed by atoms with Crippen LogP contribution in [0, 0.1) is 5.92 Å². The Morgan fingerprint density at radius 3 is 2.77 bits per heavy atom. The third kappa shape index (κ3) is 3.62. The van der Waals surface area contributed by atoms with Crippen molar-refractivity contribution in [2.45, 2.75) is 20.3 Å². The molecule has 0 radical (unpaired) electrons. The molecule has 0 bridgehead atoms. The van der Waals surface area contributed by atoms with Crippen molar-refractivity contribution in [3.8, 4) is 0 Å². The smallest absolute Gasteiger partial charge is 0.357 e. The normalized spacial score (nSPS) is 11.1. The number of nitrogens with zero attached hydrogens (tertiary/aromatic N) is 2. The zero-order valence-corrected chi connectivity index (χ0v) is 16.0. The number of esters is 1. The number of amides is 1. The molecule has 1 N–H and O–H groups in total. The maximum Gasteiger partial charge on any atom is 0.357 e. The van der Waals surface area contributed by atoms with Crippen LogP contribution in [0.5, 0.6) is 0 Å². The average molecular weight is 371 g/mol. The molecule has 6 nitrogen and oxygen atoms in total. The van der Waals surface area contributed by atoms with E-state index in [4.69, 9.17) is 4.74 Å². The third-order valence-corrected chi connectivity index (χ3v) is 5.03. The van der Waals surface area contributed by atoms with Gasteiger partial charge in [-0.3, -0.25) is 10.1 Å². The van der Waals surface area contributed by atoms with Gasteiger partial charge in [-0.15, -0.1) is 11.3 Å². The van der Waals surface area contributed by atoms with Crippen LogP contribution in [-0.2, 0) is 18.2 Å². The molecule has 1 amide bonds. The molecule has 136 valence electrons. The molecule has 2 aromatic heterocycles. The lowest BCUT2D eigenvalue weighted by atomic mass is 10.1. The zero-order chi connectivity index (χ0) is 18.8. The lowest BCUT2D eigenvalue weighted by molar-refractivity contribution is 0.0593. The van der Waals surface area contributed by atoms with E-state index < -0.39 is 5.97 Å². The van der Waals surface area contributed by atoms with Gasteiger partial charge in [0.15, 0.2) is 10.8 Å². The molecule has 1 aromatic carbocycles. The van der Waals surface area contributed by atoms with Crippen molar-refractivity contribution >= 4 is 39.2 Å². The quantitative estimate of drug-likeness (QED) is 0.691. The van der Waals surface area contributed by atoms with E-state index in [-0.39, 0.29) is 11.6 Å². The van der Waals surface area contributed by atoms with Crippen LogP contribution in [-0.4, -0.2) is 28.5 Å². The minimum Gasteiger partial charge on any atom is -0.464 e. The van der Waals surface area contributed by atoms with Crippen LogP contribution < -0.4 is 5.32 Å². The number of hydrogen-bond donors (Lipinski definition) is 1. The second-order valence-corrected chi connectivity index (χ2v) is 7.62. The molecule has 0 spiro atoms. The lowest BCUT2D eigenvalue weighted by Gasteiger charge is -2.03. The van der Waals surface area contributed by atoms with Gasteiger partial charge in [0.05, 0.1) is 7.11 Å². The number of ether oxygens (including phenoxy) is 1. The van der Waals surface area contributed by atoms with Crippen LogP contribution >= 0.6 is 11.3 Å². The van der Waals surface area contributed by atoms with Crippen molar-refractivity contribution in [2.24, 2.45) is 13.0 Å². The maximum atomic E-state index is 12.6. The summed E-state index contributed by atoms with van der Waals surface area (Å²) < 4.78 is 6.80. The Labute approximate surface area is 155 Å². The zero-order valence-electron chi connectivity index (χ0n) is 15.2. The number of thiazole rings is 1. The van der Waals surface area contributed by atoms with Gasteiger partial charge < -0.3 is 9.30 Å². The molecular formula is C19H21N3O3S. The molecule has 0 fully saturated rings. The van der Waals surface area contributed by atoms with Gasteiger partial charge in [-0.05, 0) is 36.6 Å². The topological polar surface area (TPSA) is 73.2 Å². The molecule has 3 aromatic rings. The summed E-state index contributed by atoms with van der Waals surface area (Å²) in [4.78, 5) is 29.6. The standard InChI is InChI=1S/C19H21N3O3S/c1-11(2)9-15-16(18(24)25-4)20-19(26-15)21-17(23)13-5-6-14-12(10-13)7-8-22(14)3/h5-8,10-11H,9H2,1-4H3,(H,20,21,23). The Hall–Kier alpha value is -2.67. The van der Waals surface area contributed by atoms with Gasteiger partial charge in [0.25, 0.3) is 5.91 Å². The number of hydrogen-bond acceptors (Lipinski definition) is 5. The van der Waals surface area contributed by atoms with E-state index in [2.05, 4.69) is 24.1 Å². The molecule has 0 saturated heterocycles. The highest BCUT2D eigenvalue weighted by atomic mass is 32.1. The monoisotopic (exact) mass is 371 g/mol. The average Bonchev–Trinajstić information content (AvgIpc) is 3.17. The first-order valence-corrected chi connectivity index (χ1v) is 9.15. The molecule has 0 aliphatic heterocycles. The highest BCUT2D eigenvalue weighted by Crippen LogP contribution is 2.27. The number of fused-ring (bicyclic) bond motifs is 1. The van der Waals surface area contributed by atoms with E-state index in [0.29, 0.717) is 23.0 Å².